The molecule has 1 aromatic carbocycles. The summed E-state index contributed by atoms with van der Waals surface area (Å²) in [5, 5.41) is 10.8. The second-order valence-corrected chi connectivity index (χ2v) is 5.05. The molecule has 20 heavy (non-hydrogen) atoms. The largest absolute Gasteiger partial charge is 0.479 e. The van der Waals surface area contributed by atoms with Crippen LogP contribution in [0.1, 0.15) is 18.6 Å². The Bertz CT molecular complexity index is 558. The van der Waals surface area contributed by atoms with E-state index in [0.29, 0.717) is 11.3 Å². The summed E-state index contributed by atoms with van der Waals surface area (Å²) in [5.74, 6) is 0.566. The molecule has 2 aliphatic heterocycles. The van der Waals surface area contributed by atoms with Crippen LogP contribution in [0.25, 0.3) is 0 Å². The second-order valence-electron chi connectivity index (χ2n) is 5.05. The Balaban J connectivity index is 1.97. The van der Waals surface area contributed by atoms with Crippen molar-refractivity contribution in [3.8, 4) is 5.75 Å². The number of nitro groups is 1. The fraction of sp³-hybridized carbons (Fsp3) is 0.538. The molecule has 0 bridgehead atoms. The van der Waals surface area contributed by atoms with E-state index in [1.54, 1.807) is 6.07 Å². The lowest BCUT2D eigenvalue weighted by molar-refractivity contribution is -0.385. The number of fused-ring (bicyclic) bond motifs is 3. The number of nitro benzene ring substituents is 1. The molecule has 0 radical (unpaired) electrons. The number of hydrogen-bond donors (Lipinski definition) is 0. The summed E-state index contributed by atoms with van der Waals surface area (Å²) < 4.78 is 22.1. The number of rotatable bonds is 4. The Kier molecular flexibility index (Phi) is 2.93. The van der Waals surface area contributed by atoms with Crippen LogP contribution in [0.5, 0.6) is 5.75 Å². The standard InChI is InChI=1S/C13H15NO6/c1-13(12(17-2)18-3)11-10(19-11)8-6-7(14(15)16)4-5-9(8)20-13/h4-6,10-12H,1-3H3/t10-,11-,13?/m1/s1. The van der Waals surface area contributed by atoms with Gasteiger partial charge in [0, 0.05) is 31.9 Å². The van der Waals surface area contributed by atoms with E-state index in [4.69, 9.17) is 18.9 Å². The van der Waals surface area contributed by atoms with E-state index in [1.165, 1.54) is 26.4 Å². The van der Waals surface area contributed by atoms with Gasteiger partial charge >= 0.3 is 0 Å². The monoisotopic (exact) mass is 281 g/mol. The van der Waals surface area contributed by atoms with Gasteiger partial charge < -0.3 is 18.9 Å². The number of nitrogens with zero attached hydrogens (tertiary/aromatic N) is 1. The maximum absolute atomic E-state index is 10.8. The molecule has 1 aromatic rings. The highest BCUT2D eigenvalue weighted by molar-refractivity contribution is 5.49. The highest BCUT2D eigenvalue weighted by Gasteiger charge is 2.63. The third-order valence-corrected chi connectivity index (χ3v) is 3.79. The molecule has 0 aliphatic carbocycles. The number of epoxide rings is 1. The van der Waals surface area contributed by atoms with Crippen LogP contribution in [0.15, 0.2) is 18.2 Å². The van der Waals surface area contributed by atoms with Crippen molar-refractivity contribution in [2.45, 2.75) is 31.0 Å². The van der Waals surface area contributed by atoms with Crippen molar-refractivity contribution in [3.63, 3.8) is 0 Å². The van der Waals surface area contributed by atoms with Crippen molar-refractivity contribution in [1.82, 2.24) is 0 Å². The van der Waals surface area contributed by atoms with E-state index >= 15 is 0 Å². The zero-order valence-corrected chi connectivity index (χ0v) is 11.4. The minimum Gasteiger partial charge on any atom is -0.479 e. The van der Waals surface area contributed by atoms with Crippen molar-refractivity contribution in [1.29, 1.82) is 0 Å². The Morgan fingerprint density at radius 1 is 1.40 bits per heavy atom. The lowest BCUT2D eigenvalue weighted by Gasteiger charge is -2.37. The molecule has 1 unspecified atom stereocenters. The van der Waals surface area contributed by atoms with Crippen LogP contribution in [-0.2, 0) is 14.2 Å². The molecule has 7 heteroatoms. The fourth-order valence-corrected chi connectivity index (χ4v) is 2.79. The van der Waals surface area contributed by atoms with Gasteiger partial charge in [0.25, 0.3) is 5.69 Å². The summed E-state index contributed by atoms with van der Waals surface area (Å²) in [6.07, 6.45) is -1.03. The van der Waals surface area contributed by atoms with Crippen molar-refractivity contribution in [2.24, 2.45) is 0 Å². The molecule has 3 rings (SSSR count). The molecule has 1 saturated heterocycles. The van der Waals surface area contributed by atoms with Gasteiger partial charge in [-0.15, -0.1) is 0 Å². The zero-order valence-electron chi connectivity index (χ0n) is 11.4. The van der Waals surface area contributed by atoms with E-state index in [1.807, 2.05) is 6.92 Å². The first-order chi connectivity index (χ1) is 9.51. The maximum atomic E-state index is 10.8. The highest BCUT2D eigenvalue weighted by Crippen LogP contribution is 2.55. The van der Waals surface area contributed by atoms with Crippen LogP contribution in [-0.4, -0.2) is 37.1 Å². The van der Waals surface area contributed by atoms with Gasteiger partial charge in [-0.1, -0.05) is 0 Å². The highest BCUT2D eigenvalue weighted by atomic mass is 16.7. The van der Waals surface area contributed by atoms with Gasteiger partial charge in [0.05, 0.1) is 4.92 Å². The van der Waals surface area contributed by atoms with Crippen LogP contribution < -0.4 is 4.74 Å². The summed E-state index contributed by atoms with van der Waals surface area (Å²) in [4.78, 5) is 10.4. The number of ether oxygens (including phenoxy) is 4. The van der Waals surface area contributed by atoms with Crippen LogP contribution >= 0.6 is 0 Å². The predicted molar refractivity (Wildman–Crippen MR) is 67.5 cm³/mol. The van der Waals surface area contributed by atoms with Crippen LogP contribution in [0.3, 0.4) is 0 Å². The maximum Gasteiger partial charge on any atom is 0.270 e. The molecule has 1 fully saturated rings. The Morgan fingerprint density at radius 3 is 2.70 bits per heavy atom. The summed E-state index contributed by atoms with van der Waals surface area (Å²) in [6.45, 7) is 1.85. The van der Waals surface area contributed by atoms with Crippen molar-refractivity contribution >= 4 is 5.69 Å². The smallest absolute Gasteiger partial charge is 0.270 e. The molecule has 7 nitrogen and oxygen atoms in total. The molecular weight excluding hydrogens is 266 g/mol. The van der Waals surface area contributed by atoms with Gasteiger partial charge in [-0.2, -0.15) is 0 Å². The predicted octanol–water partition coefficient (Wildman–Crippen LogP) is 1.80. The van der Waals surface area contributed by atoms with Gasteiger partial charge in [-0.05, 0) is 13.0 Å². The Labute approximate surface area is 115 Å². The van der Waals surface area contributed by atoms with Crippen LogP contribution in [0, 0.1) is 10.1 Å². The molecule has 108 valence electrons. The van der Waals surface area contributed by atoms with E-state index in [9.17, 15) is 10.1 Å². The zero-order chi connectivity index (χ0) is 14.5. The lowest BCUT2D eigenvalue weighted by Crippen LogP contribution is -2.53. The first-order valence-corrected chi connectivity index (χ1v) is 6.19. The van der Waals surface area contributed by atoms with Gasteiger partial charge in [0.2, 0.25) is 0 Å². The van der Waals surface area contributed by atoms with Gasteiger partial charge in [0.1, 0.15) is 18.0 Å². The summed E-state index contributed by atoms with van der Waals surface area (Å²) >= 11 is 0. The molecule has 0 spiro atoms. The quantitative estimate of drug-likeness (QED) is 0.362. The molecule has 2 aliphatic rings. The van der Waals surface area contributed by atoms with Gasteiger partial charge in [0.15, 0.2) is 11.9 Å². The van der Waals surface area contributed by atoms with Crippen molar-refractivity contribution in [3.05, 3.63) is 33.9 Å². The molecule has 0 N–H and O–H groups in total. The average Bonchev–Trinajstić information content (AvgIpc) is 3.21. The lowest BCUT2D eigenvalue weighted by atomic mass is 9.91. The number of benzene rings is 1. The summed E-state index contributed by atoms with van der Waals surface area (Å²) in [7, 11) is 3.07. The third-order valence-electron chi connectivity index (χ3n) is 3.79. The number of non-ortho nitro benzene ring substituents is 1. The number of hydrogen-bond acceptors (Lipinski definition) is 6. The molecular formula is C13H15NO6. The minimum absolute atomic E-state index is 0.0280. The SMILES string of the molecule is COC(OC)C1(C)Oc2ccc([N+](=O)[O-])cc2[C@H]2O[C@H]21. The van der Waals surface area contributed by atoms with E-state index in [2.05, 4.69) is 0 Å². The Hall–Kier alpha value is -1.70. The van der Waals surface area contributed by atoms with Gasteiger partial charge in [-0.3, -0.25) is 10.1 Å². The average molecular weight is 281 g/mol. The Morgan fingerprint density at radius 2 is 2.10 bits per heavy atom. The van der Waals surface area contributed by atoms with Crippen LogP contribution in [0.4, 0.5) is 5.69 Å². The van der Waals surface area contributed by atoms with Gasteiger partial charge in [-0.25, -0.2) is 0 Å². The number of methoxy groups -OCH3 is 2. The molecule has 3 atom stereocenters. The molecule has 0 amide bonds. The molecule has 2 heterocycles. The van der Waals surface area contributed by atoms with Crippen molar-refractivity contribution in [2.75, 3.05) is 14.2 Å². The first-order valence-electron chi connectivity index (χ1n) is 6.19. The van der Waals surface area contributed by atoms with Crippen molar-refractivity contribution < 1.29 is 23.9 Å². The fourth-order valence-electron chi connectivity index (χ4n) is 2.79. The summed E-state index contributed by atoms with van der Waals surface area (Å²) in [5.41, 5.74) is -0.0509. The third kappa shape index (κ3) is 1.78. The first kappa shape index (κ1) is 13.3. The van der Waals surface area contributed by atoms with E-state index in [-0.39, 0.29) is 17.9 Å². The molecule has 0 aromatic heterocycles. The summed E-state index contributed by atoms with van der Waals surface area (Å²) in [6, 6.07) is 4.50. The minimum atomic E-state index is -0.780. The van der Waals surface area contributed by atoms with E-state index < -0.39 is 16.8 Å². The van der Waals surface area contributed by atoms with Crippen LogP contribution in [0.2, 0.25) is 0 Å². The topological polar surface area (TPSA) is 83.4 Å². The second kappa shape index (κ2) is 4.41. The van der Waals surface area contributed by atoms with E-state index in [0.717, 1.165) is 0 Å². The molecule has 0 saturated carbocycles. The normalized spacial score (nSPS) is 30.4.